The van der Waals surface area contributed by atoms with Crippen LogP contribution in [-0.2, 0) is 25.7 Å². The molecule has 2 aromatic heterocycles. The van der Waals surface area contributed by atoms with Gasteiger partial charge < -0.3 is 9.47 Å². The van der Waals surface area contributed by atoms with Crippen molar-refractivity contribution in [2.75, 3.05) is 39.8 Å². The topological polar surface area (TPSA) is 119 Å². The Morgan fingerprint density at radius 1 is 1.03 bits per heavy atom. The number of amides is 1. The molecule has 0 N–H and O–H groups in total. The number of benzene rings is 1. The molecule has 202 valence electrons. The van der Waals surface area contributed by atoms with Gasteiger partial charge >= 0.3 is 12.1 Å². The van der Waals surface area contributed by atoms with Crippen LogP contribution in [0.25, 0.3) is 11.1 Å². The van der Waals surface area contributed by atoms with Crippen LogP contribution in [0.15, 0.2) is 59.9 Å². The smallest absolute Gasteiger partial charge is 0.416 e. The molecule has 0 saturated heterocycles. The third-order valence-electron chi connectivity index (χ3n) is 5.36. The molecule has 0 spiro atoms. The summed E-state index contributed by atoms with van der Waals surface area (Å²) in [7, 11) is 0.374. The first kappa shape index (κ1) is 28.5. The molecule has 0 aliphatic heterocycles. The van der Waals surface area contributed by atoms with Gasteiger partial charge in [0.2, 0.25) is 15.9 Å². The molecule has 0 bridgehead atoms. The number of anilines is 1. The van der Waals surface area contributed by atoms with Crippen LogP contribution in [0, 0.1) is 0 Å². The molecule has 14 heteroatoms. The standard InChI is InChI=1S/C24H23F3N4O6S/c1-30(2)38(34,35)17-11-15(10-16(12-17)24(25,26)27)23(33)31(14-21(32)36-3)20-13-28-9-7-18(20)19-6-5-8-29-22(19)37-4/h5-13H,14H2,1-4H3. The van der Waals surface area contributed by atoms with E-state index in [1.54, 1.807) is 12.1 Å². The number of aromatic nitrogens is 2. The minimum absolute atomic E-state index is 0.0172. The number of pyridine rings is 2. The number of sulfonamides is 1. The quantitative estimate of drug-likeness (QED) is 0.391. The number of nitrogens with zero attached hydrogens (tertiary/aromatic N) is 4. The van der Waals surface area contributed by atoms with E-state index in [9.17, 15) is 31.2 Å². The molecule has 0 fully saturated rings. The van der Waals surface area contributed by atoms with E-state index in [0.717, 1.165) is 36.5 Å². The van der Waals surface area contributed by atoms with E-state index >= 15 is 0 Å². The van der Waals surface area contributed by atoms with Crippen molar-refractivity contribution in [3.8, 4) is 17.0 Å². The van der Waals surface area contributed by atoms with E-state index in [4.69, 9.17) is 9.47 Å². The van der Waals surface area contributed by atoms with Crippen LogP contribution in [-0.4, -0.2) is 69.4 Å². The van der Waals surface area contributed by atoms with Gasteiger partial charge in [0.1, 0.15) is 6.54 Å². The summed E-state index contributed by atoms with van der Waals surface area (Å²) in [4.78, 5) is 34.2. The minimum Gasteiger partial charge on any atom is -0.481 e. The van der Waals surface area contributed by atoms with Crippen LogP contribution in [0.1, 0.15) is 15.9 Å². The van der Waals surface area contributed by atoms with Crippen LogP contribution in [0.3, 0.4) is 0 Å². The number of esters is 1. The van der Waals surface area contributed by atoms with Crippen molar-refractivity contribution in [2.24, 2.45) is 0 Å². The number of carbonyl (C=O) groups is 2. The van der Waals surface area contributed by atoms with Crippen molar-refractivity contribution in [2.45, 2.75) is 11.1 Å². The highest BCUT2D eigenvalue weighted by molar-refractivity contribution is 7.89. The summed E-state index contributed by atoms with van der Waals surface area (Å²) in [6.45, 7) is -0.720. The lowest BCUT2D eigenvalue weighted by molar-refractivity contribution is -0.139. The number of halogens is 3. The van der Waals surface area contributed by atoms with Gasteiger partial charge in [0.05, 0.1) is 36.6 Å². The Morgan fingerprint density at radius 3 is 2.34 bits per heavy atom. The Morgan fingerprint density at radius 2 is 1.74 bits per heavy atom. The molecule has 38 heavy (non-hydrogen) atoms. The van der Waals surface area contributed by atoms with Crippen molar-refractivity contribution in [3.05, 3.63) is 66.1 Å². The molecule has 1 aromatic carbocycles. The fourth-order valence-corrected chi connectivity index (χ4v) is 4.42. The Bertz CT molecular complexity index is 1460. The van der Waals surface area contributed by atoms with Crippen LogP contribution in [0.4, 0.5) is 18.9 Å². The molecular formula is C24H23F3N4O6S. The van der Waals surface area contributed by atoms with E-state index in [2.05, 4.69) is 9.97 Å². The van der Waals surface area contributed by atoms with Crippen molar-refractivity contribution in [1.82, 2.24) is 14.3 Å². The van der Waals surface area contributed by atoms with Crippen molar-refractivity contribution in [1.29, 1.82) is 0 Å². The maximum absolute atomic E-state index is 13.7. The van der Waals surface area contributed by atoms with Crippen LogP contribution >= 0.6 is 0 Å². The first-order valence-corrected chi connectivity index (χ1v) is 12.2. The number of methoxy groups -OCH3 is 2. The van der Waals surface area contributed by atoms with Crippen molar-refractivity contribution < 1.29 is 40.7 Å². The van der Waals surface area contributed by atoms with Crippen molar-refractivity contribution in [3.63, 3.8) is 0 Å². The SMILES string of the molecule is COC(=O)CN(C(=O)c1cc(C(F)(F)F)cc(S(=O)(=O)N(C)C)c1)c1cnccc1-c1cccnc1OC. The zero-order valence-corrected chi connectivity index (χ0v) is 21.5. The molecule has 0 atom stereocenters. The molecular weight excluding hydrogens is 529 g/mol. The van der Waals surface area contributed by atoms with Gasteiger partial charge in [0.25, 0.3) is 5.91 Å². The van der Waals surface area contributed by atoms with Gasteiger partial charge in [0.15, 0.2) is 0 Å². The molecule has 2 heterocycles. The zero-order valence-electron chi connectivity index (χ0n) is 20.7. The first-order chi connectivity index (χ1) is 17.8. The average molecular weight is 553 g/mol. The van der Waals surface area contributed by atoms with Gasteiger partial charge in [-0.1, -0.05) is 0 Å². The molecule has 10 nitrogen and oxygen atoms in total. The maximum Gasteiger partial charge on any atom is 0.416 e. The van der Waals surface area contributed by atoms with E-state index in [1.807, 2.05) is 0 Å². The summed E-state index contributed by atoms with van der Waals surface area (Å²) < 4.78 is 77.2. The monoisotopic (exact) mass is 552 g/mol. The molecule has 1 amide bonds. The second-order valence-corrected chi connectivity index (χ2v) is 10.1. The van der Waals surface area contributed by atoms with Gasteiger partial charge in [-0.05, 0) is 36.4 Å². The molecule has 0 unspecified atom stereocenters. The second kappa shape index (κ2) is 11.1. The van der Waals surface area contributed by atoms with E-state index < -0.39 is 50.6 Å². The summed E-state index contributed by atoms with van der Waals surface area (Å²) in [5.74, 6) is -1.82. The number of alkyl halides is 3. The van der Waals surface area contributed by atoms with Crippen LogP contribution < -0.4 is 9.64 Å². The minimum atomic E-state index is -4.97. The summed E-state index contributed by atoms with van der Waals surface area (Å²) in [6.07, 6.45) is -0.871. The molecule has 0 aliphatic rings. The highest BCUT2D eigenvalue weighted by Crippen LogP contribution is 2.37. The van der Waals surface area contributed by atoms with E-state index in [0.29, 0.717) is 23.3 Å². The van der Waals surface area contributed by atoms with Crippen molar-refractivity contribution >= 4 is 27.6 Å². The summed E-state index contributed by atoms with van der Waals surface area (Å²) in [5, 5.41) is 0. The number of hydrogen-bond acceptors (Lipinski definition) is 8. The molecule has 3 aromatic rings. The lowest BCUT2D eigenvalue weighted by Gasteiger charge is -2.25. The first-order valence-electron chi connectivity index (χ1n) is 10.8. The fourth-order valence-electron chi connectivity index (χ4n) is 3.45. The Kier molecular flexibility index (Phi) is 8.37. The molecule has 0 saturated carbocycles. The van der Waals surface area contributed by atoms with E-state index in [-0.39, 0.29) is 11.6 Å². The summed E-state index contributed by atoms with van der Waals surface area (Å²) in [5.41, 5.74) is -1.26. The number of rotatable bonds is 8. The molecule has 3 rings (SSSR count). The third-order valence-corrected chi connectivity index (χ3v) is 7.16. The highest BCUT2D eigenvalue weighted by Gasteiger charge is 2.35. The van der Waals surface area contributed by atoms with Gasteiger partial charge in [0, 0.05) is 43.2 Å². The van der Waals surface area contributed by atoms with Crippen LogP contribution in [0.5, 0.6) is 5.88 Å². The zero-order chi connectivity index (χ0) is 28.3. The maximum atomic E-state index is 13.7. The Hall–Kier alpha value is -4.04. The third kappa shape index (κ3) is 5.92. The Labute approximate surface area is 216 Å². The number of ether oxygens (including phenoxy) is 2. The predicted octanol–water partition coefficient (Wildman–Crippen LogP) is 3.24. The number of carbonyl (C=O) groups excluding carboxylic acids is 2. The van der Waals surface area contributed by atoms with Crippen LogP contribution in [0.2, 0.25) is 0 Å². The molecule has 0 aliphatic carbocycles. The Balaban J connectivity index is 2.27. The lowest BCUT2D eigenvalue weighted by Crippen LogP contribution is -2.37. The second-order valence-electron chi connectivity index (χ2n) is 7.95. The highest BCUT2D eigenvalue weighted by atomic mass is 32.2. The molecule has 0 radical (unpaired) electrons. The van der Waals surface area contributed by atoms with E-state index in [1.165, 1.54) is 31.8 Å². The van der Waals surface area contributed by atoms with Gasteiger partial charge in [-0.2, -0.15) is 13.2 Å². The normalized spacial score (nSPS) is 11.8. The fraction of sp³-hybridized carbons (Fsp3) is 0.250. The largest absolute Gasteiger partial charge is 0.481 e. The lowest BCUT2D eigenvalue weighted by atomic mass is 10.0. The predicted molar refractivity (Wildman–Crippen MR) is 130 cm³/mol. The van der Waals surface area contributed by atoms with Gasteiger partial charge in [-0.25, -0.2) is 17.7 Å². The summed E-state index contributed by atoms with van der Waals surface area (Å²) >= 11 is 0. The number of hydrogen-bond donors (Lipinski definition) is 0. The average Bonchev–Trinajstić information content (AvgIpc) is 2.90. The summed E-state index contributed by atoms with van der Waals surface area (Å²) in [6, 6.07) is 6.49. The van der Waals surface area contributed by atoms with Gasteiger partial charge in [-0.3, -0.25) is 19.5 Å². The van der Waals surface area contributed by atoms with Gasteiger partial charge in [-0.15, -0.1) is 0 Å².